The van der Waals surface area contributed by atoms with E-state index in [4.69, 9.17) is 0 Å². The lowest BCUT2D eigenvalue weighted by atomic mass is 10.1. The van der Waals surface area contributed by atoms with Gasteiger partial charge in [-0.3, -0.25) is 9.59 Å². The summed E-state index contributed by atoms with van der Waals surface area (Å²) in [6.45, 7) is 0.583. The van der Waals surface area contributed by atoms with Crippen molar-refractivity contribution in [3.63, 3.8) is 0 Å². The number of carbonyl (C=O) groups excluding carboxylic acids is 2. The average molecular weight is 300 g/mol. The van der Waals surface area contributed by atoms with Crippen molar-refractivity contribution in [2.24, 2.45) is 5.92 Å². The highest BCUT2D eigenvalue weighted by Gasteiger charge is 2.42. The molecule has 2 aliphatic heterocycles. The molecule has 7 heteroatoms. The first kappa shape index (κ1) is 13.9. The molecule has 1 aliphatic carbocycles. The summed E-state index contributed by atoms with van der Waals surface area (Å²) < 4.78 is 23.8. The van der Waals surface area contributed by atoms with Gasteiger partial charge >= 0.3 is 0 Å². The van der Waals surface area contributed by atoms with E-state index in [0.717, 1.165) is 12.8 Å². The Balaban J connectivity index is 1.74. The van der Waals surface area contributed by atoms with E-state index in [9.17, 15) is 18.0 Å². The van der Waals surface area contributed by atoms with E-state index >= 15 is 0 Å². The van der Waals surface area contributed by atoms with E-state index in [2.05, 4.69) is 5.32 Å². The highest BCUT2D eigenvalue weighted by molar-refractivity contribution is 7.92. The highest BCUT2D eigenvalue weighted by atomic mass is 32.2. The summed E-state index contributed by atoms with van der Waals surface area (Å²) >= 11 is 0. The van der Waals surface area contributed by atoms with Gasteiger partial charge in [-0.15, -0.1) is 0 Å². The number of rotatable bonds is 3. The van der Waals surface area contributed by atoms with E-state index in [0.29, 0.717) is 19.4 Å². The van der Waals surface area contributed by atoms with Gasteiger partial charge in [0.2, 0.25) is 11.8 Å². The van der Waals surface area contributed by atoms with Gasteiger partial charge in [-0.05, 0) is 31.6 Å². The largest absolute Gasteiger partial charge is 0.344 e. The summed E-state index contributed by atoms with van der Waals surface area (Å²) in [5.74, 6) is 0.267. The third-order valence-corrected chi connectivity index (χ3v) is 6.74. The summed E-state index contributed by atoms with van der Waals surface area (Å²) in [5.41, 5.74) is 0. The van der Waals surface area contributed by atoms with Crippen LogP contribution in [0.25, 0.3) is 0 Å². The molecule has 112 valence electrons. The van der Waals surface area contributed by atoms with Gasteiger partial charge in [-0.1, -0.05) is 0 Å². The zero-order chi connectivity index (χ0) is 14.3. The summed E-state index contributed by atoms with van der Waals surface area (Å²) in [4.78, 5) is 25.8. The fraction of sp³-hybridized carbons (Fsp3) is 0.846. The maximum atomic E-state index is 12.5. The van der Waals surface area contributed by atoms with Gasteiger partial charge in [0, 0.05) is 19.5 Å². The number of hydrogen-bond acceptors (Lipinski definition) is 4. The number of carbonyl (C=O) groups is 2. The summed E-state index contributed by atoms with van der Waals surface area (Å²) in [7, 11) is -3.06. The molecule has 3 fully saturated rings. The molecule has 3 aliphatic rings. The molecule has 0 aromatic carbocycles. The third-order valence-electron chi connectivity index (χ3n) is 4.48. The molecule has 2 atom stereocenters. The van der Waals surface area contributed by atoms with Crippen LogP contribution in [0.4, 0.5) is 0 Å². The zero-order valence-corrected chi connectivity index (χ0v) is 12.2. The van der Waals surface area contributed by atoms with Crippen LogP contribution < -0.4 is 5.32 Å². The molecule has 0 aromatic rings. The Morgan fingerprint density at radius 3 is 2.55 bits per heavy atom. The molecule has 2 unspecified atom stereocenters. The Morgan fingerprint density at radius 2 is 1.95 bits per heavy atom. The molecule has 0 spiro atoms. The second kappa shape index (κ2) is 5.02. The van der Waals surface area contributed by atoms with E-state index in [1.165, 1.54) is 0 Å². The second-order valence-electron chi connectivity index (χ2n) is 6.05. The number of nitrogens with zero attached hydrogens (tertiary/aromatic N) is 1. The normalized spacial score (nSPS) is 33.9. The average Bonchev–Trinajstić information content (AvgIpc) is 3.17. The number of nitrogens with one attached hydrogen (secondary N) is 1. The summed E-state index contributed by atoms with van der Waals surface area (Å²) in [6, 6.07) is -0.436. The van der Waals surface area contributed by atoms with Crippen LogP contribution in [0.15, 0.2) is 0 Å². The number of hydrogen-bond donors (Lipinski definition) is 1. The second-order valence-corrected chi connectivity index (χ2v) is 8.45. The molecule has 2 heterocycles. The van der Waals surface area contributed by atoms with Crippen molar-refractivity contribution in [1.82, 2.24) is 10.2 Å². The molecule has 3 rings (SSSR count). The first-order valence-corrected chi connectivity index (χ1v) is 8.98. The topological polar surface area (TPSA) is 83.6 Å². The monoisotopic (exact) mass is 300 g/mol. The lowest BCUT2D eigenvalue weighted by Gasteiger charge is -2.26. The minimum absolute atomic E-state index is 0.0968. The van der Waals surface area contributed by atoms with Crippen LogP contribution in [0.2, 0.25) is 0 Å². The van der Waals surface area contributed by atoms with Crippen LogP contribution >= 0.6 is 0 Å². The summed E-state index contributed by atoms with van der Waals surface area (Å²) in [5, 5.41) is 2.34. The van der Waals surface area contributed by atoms with E-state index in [-0.39, 0.29) is 36.5 Å². The highest BCUT2D eigenvalue weighted by Crippen LogP contribution is 2.34. The maximum absolute atomic E-state index is 12.5. The van der Waals surface area contributed by atoms with Crippen molar-refractivity contribution in [2.75, 3.05) is 18.8 Å². The van der Waals surface area contributed by atoms with E-state index in [1.54, 1.807) is 4.90 Å². The first-order chi connectivity index (χ1) is 9.47. The number of amides is 2. The van der Waals surface area contributed by atoms with Gasteiger partial charge in [0.05, 0.1) is 11.0 Å². The maximum Gasteiger partial charge on any atom is 0.245 e. The Kier molecular flexibility index (Phi) is 3.48. The molecule has 0 radical (unpaired) electrons. The Labute approximate surface area is 118 Å². The van der Waals surface area contributed by atoms with Gasteiger partial charge in [0.25, 0.3) is 0 Å². The van der Waals surface area contributed by atoms with E-state index in [1.807, 2.05) is 0 Å². The molecule has 20 heavy (non-hydrogen) atoms. The minimum atomic E-state index is -3.06. The van der Waals surface area contributed by atoms with Crippen LogP contribution in [-0.2, 0) is 19.4 Å². The molecular weight excluding hydrogens is 280 g/mol. The first-order valence-electron chi connectivity index (χ1n) is 7.27. The van der Waals surface area contributed by atoms with Crippen molar-refractivity contribution in [3.8, 4) is 0 Å². The SMILES string of the molecule is O=C1CCN(CC2CCCS2(=O)=O)C(=O)C(C2CC2)N1. The van der Waals surface area contributed by atoms with Crippen molar-refractivity contribution in [2.45, 2.75) is 43.4 Å². The molecule has 0 bridgehead atoms. The Bertz CT molecular complexity index is 526. The predicted molar refractivity (Wildman–Crippen MR) is 72.7 cm³/mol. The van der Waals surface area contributed by atoms with Gasteiger partial charge in [-0.25, -0.2) is 8.42 Å². The summed E-state index contributed by atoms with van der Waals surface area (Å²) in [6.07, 6.45) is 3.50. The molecule has 0 aromatic heterocycles. The third kappa shape index (κ3) is 2.68. The van der Waals surface area contributed by atoms with E-state index < -0.39 is 21.1 Å². The Morgan fingerprint density at radius 1 is 1.20 bits per heavy atom. The lowest BCUT2D eigenvalue weighted by molar-refractivity contribution is -0.134. The quantitative estimate of drug-likeness (QED) is 0.775. The van der Waals surface area contributed by atoms with Crippen LogP contribution in [0.1, 0.15) is 32.1 Å². The lowest BCUT2D eigenvalue weighted by Crippen LogP contribution is -2.48. The molecule has 1 N–H and O–H groups in total. The fourth-order valence-corrected chi connectivity index (χ4v) is 4.93. The van der Waals surface area contributed by atoms with Crippen molar-refractivity contribution >= 4 is 21.7 Å². The standard InChI is InChI=1S/C13H20N2O4S/c16-11-5-6-15(8-10-2-1-7-20(10,18)19)13(17)12(14-11)9-3-4-9/h9-10,12H,1-8H2,(H,14,16). The van der Waals surface area contributed by atoms with Crippen LogP contribution in [0.5, 0.6) is 0 Å². The Hall–Kier alpha value is -1.11. The predicted octanol–water partition coefficient (Wildman–Crippen LogP) is -0.309. The van der Waals surface area contributed by atoms with Gasteiger partial charge in [-0.2, -0.15) is 0 Å². The number of sulfone groups is 1. The van der Waals surface area contributed by atoms with Crippen LogP contribution in [-0.4, -0.2) is 55.3 Å². The molecule has 2 saturated heterocycles. The molecular formula is C13H20N2O4S. The molecule has 2 amide bonds. The zero-order valence-electron chi connectivity index (χ0n) is 11.4. The van der Waals surface area contributed by atoms with Gasteiger partial charge in [0.15, 0.2) is 9.84 Å². The molecule has 1 saturated carbocycles. The van der Waals surface area contributed by atoms with Crippen LogP contribution in [0.3, 0.4) is 0 Å². The smallest absolute Gasteiger partial charge is 0.245 e. The van der Waals surface area contributed by atoms with Crippen molar-refractivity contribution in [3.05, 3.63) is 0 Å². The van der Waals surface area contributed by atoms with Crippen molar-refractivity contribution in [1.29, 1.82) is 0 Å². The molecule has 6 nitrogen and oxygen atoms in total. The minimum Gasteiger partial charge on any atom is -0.344 e. The van der Waals surface area contributed by atoms with Crippen molar-refractivity contribution < 1.29 is 18.0 Å². The van der Waals surface area contributed by atoms with Crippen LogP contribution in [0, 0.1) is 5.92 Å². The van der Waals surface area contributed by atoms with Gasteiger partial charge < -0.3 is 10.2 Å². The fourth-order valence-electron chi connectivity index (χ4n) is 3.09. The van der Waals surface area contributed by atoms with Gasteiger partial charge in [0.1, 0.15) is 6.04 Å².